The van der Waals surface area contributed by atoms with Gasteiger partial charge in [-0.05, 0) is 36.8 Å². The van der Waals surface area contributed by atoms with E-state index < -0.39 is 0 Å². The maximum absolute atomic E-state index is 9.52. The number of nitrogens with one attached hydrogen (secondary N) is 1. The van der Waals surface area contributed by atoms with Crippen molar-refractivity contribution >= 4 is 17.2 Å². The van der Waals surface area contributed by atoms with E-state index in [1.165, 1.54) is 0 Å². The molecule has 0 bridgehead atoms. The SMILES string of the molecule is Cc1cc(O)ccc1Nc1cc(-c2ccccc2N(C)C)ncn1. The molecule has 2 aromatic carbocycles. The van der Waals surface area contributed by atoms with Crippen molar-refractivity contribution in [3.05, 3.63) is 60.4 Å². The maximum atomic E-state index is 9.52. The summed E-state index contributed by atoms with van der Waals surface area (Å²) in [4.78, 5) is 10.8. The van der Waals surface area contributed by atoms with Gasteiger partial charge in [0.2, 0.25) is 0 Å². The third-order valence-electron chi connectivity index (χ3n) is 3.80. The zero-order valence-corrected chi connectivity index (χ0v) is 14.0. The smallest absolute Gasteiger partial charge is 0.134 e. The van der Waals surface area contributed by atoms with Gasteiger partial charge in [0.15, 0.2) is 0 Å². The van der Waals surface area contributed by atoms with Crippen LogP contribution in [0.4, 0.5) is 17.2 Å². The zero-order valence-electron chi connectivity index (χ0n) is 14.0. The molecule has 0 spiro atoms. The number of hydrogen-bond donors (Lipinski definition) is 2. The summed E-state index contributed by atoms with van der Waals surface area (Å²) >= 11 is 0. The third kappa shape index (κ3) is 3.30. The minimum Gasteiger partial charge on any atom is -0.508 e. The van der Waals surface area contributed by atoms with Crippen LogP contribution in [-0.2, 0) is 0 Å². The number of phenolic OH excluding ortho intramolecular Hbond substituents is 1. The van der Waals surface area contributed by atoms with E-state index >= 15 is 0 Å². The number of aryl methyl sites for hydroxylation is 1. The number of aromatic nitrogens is 2. The van der Waals surface area contributed by atoms with E-state index in [1.807, 2.05) is 51.4 Å². The monoisotopic (exact) mass is 320 g/mol. The van der Waals surface area contributed by atoms with Crippen LogP contribution < -0.4 is 10.2 Å². The number of benzene rings is 2. The molecule has 122 valence electrons. The van der Waals surface area contributed by atoms with Gasteiger partial charge in [-0.1, -0.05) is 18.2 Å². The molecule has 0 atom stereocenters. The summed E-state index contributed by atoms with van der Waals surface area (Å²) in [6, 6.07) is 15.3. The number of phenols is 1. The van der Waals surface area contributed by atoms with E-state index in [9.17, 15) is 5.11 Å². The number of aromatic hydroxyl groups is 1. The van der Waals surface area contributed by atoms with Crippen molar-refractivity contribution in [3.8, 4) is 17.0 Å². The lowest BCUT2D eigenvalue weighted by Crippen LogP contribution is -2.10. The van der Waals surface area contributed by atoms with Gasteiger partial charge in [-0.2, -0.15) is 0 Å². The van der Waals surface area contributed by atoms with Gasteiger partial charge >= 0.3 is 0 Å². The lowest BCUT2D eigenvalue weighted by Gasteiger charge is -2.17. The van der Waals surface area contributed by atoms with Crippen LogP contribution in [0.3, 0.4) is 0 Å². The minimum atomic E-state index is 0.251. The highest BCUT2D eigenvalue weighted by atomic mass is 16.3. The van der Waals surface area contributed by atoms with Gasteiger partial charge in [0.25, 0.3) is 0 Å². The summed E-state index contributed by atoms with van der Waals surface area (Å²) in [5, 5.41) is 12.8. The van der Waals surface area contributed by atoms with Gasteiger partial charge in [0.1, 0.15) is 17.9 Å². The molecular weight excluding hydrogens is 300 g/mol. The molecule has 3 aromatic rings. The van der Waals surface area contributed by atoms with Crippen LogP contribution in [-0.4, -0.2) is 29.2 Å². The minimum absolute atomic E-state index is 0.251. The first-order valence-corrected chi connectivity index (χ1v) is 7.70. The van der Waals surface area contributed by atoms with Gasteiger partial charge < -0.3 is 15.3 Å². The Balaban J connectivity index is 1.95. The molecule has 1 aromatic heterocycles. The van der Waals surface area contributed by atoms with Crippen molar-refractivity contribution in [1.82, 2.24) is 9.97 Å². The van der Waals surface area contributed by atoms with Gasteiger partial charge in [-0.15, -0.1) is 0 Å². The van der Waals surface area contributed by atoms with Crippen LogP contribution >= 0.6 is 0 Å². The first-order chi connectivity index (χ1) is 11.5. The number of para-hydroxylation sites is 1. The van der Waals surface area contributed by atoms with Crippen LogP contribution in [0.5, 0.6) is 5.75 Å². The average Bonchev–Trinajstić information content (AvgIpc) is 2.58. The van der Waals surface area contributed by atoms with E-state index in [0.717, 1.165) is 28.2 Å². The van der Waals surface area contributed by atoms with Crippen molar-refractivity contribution in [2.45, 2.75) is 6.92 Å². The summed E-state index contributed by atoms with van der Waals surface area (Å²) in [7, 11) is 4.03. The maximum Gasteiger partial charge on any atom is 0.134 e. The molecule has 3 rings (SSSR count). The Bertz CT molecular complexity index is 861. The standard InChI is InChI=1S/C19H20N4O/c1-13-10-14(24)8-9-16(13)22-19-11-17(20-12-21-19)15-6-4-5-7-18(15)23(2)3/h4-12,24H,1-3H3,(H,20,21,22). The number of hydrogen-bond acceptors (Lipinski definition) is 5. The second-order valence-corrected chi connectivity index (χ2v) is 5.82. The number of anilines is 3. The Kier molecular flexibility index (Phi) is 4.33. The second-order valence-electron chi connectivity index (χ2n) is 5.82. The number of nitrogens with zero attached hydrogens (tertiary/aromatic N) is 3. The molecular formula is C19H20N4O. The quantitative estimate of drug-likeness (QED) is 0.712. The molecule has 2 N–H and O–H groups in total. The highest BCUT2D eigenvalue weighted by Crippen LogP contribution is 2.30. The highest BCUT2D eigenvalue weighted by molar-refractivity contribution is 5.77. The van der Waals surface area contributed by atoms with Gasteiger partial charge in [0.05, 0.1) is 5.69 Å². The van der Waals surface area contributed by atoms with Gasteiger partial charge in [-0.25, -0.2) is 9.97 Å². The molecule has 0 unspecified atom stereocenters. The van der Waals surface area contributed by atoms with Crippen molar-refractivity contribution in [1.29, 1.82) is 0 Å². The van der Waals surface area contributed by atoms with Crippen LogP contribution in [0, 0.1) is 6.92 Å². The molecule has 24 heavy (non-hydrogen) atoms. The van der Waals surface area contributed by atoms with E-state index in [-0.39, 0.29) is 5.75 Å². The summed E-state index contributed by atoms with van der Waals surface area (Å²) in [6.45, 7) is 1.94. The Morgan fingerprint density at radius 2 is 1.79 bits per heavy atom. The third-order valence-corrected chi connectivity index (χ3v) is 3.80. The van der Waals surface area contributed by atoms with E-state index in [0.29, 0.717) is 5.82 Å². The van der Waals surface area contributed by atoms with Crippen LogP contribution in [0.1, 0.15) is 5.56 Å². The largest absolute Gasteiger partial charge is 0.508 e. The van der Waals surface area contributed by atoms with E-state index in [1.54, 1.807) is 18.5 Å². The summed E-state index contributed by atoms with van der Waals surface area (Å²) in [5.74, 6) is 0.962. The van der Waals surface area contributed by atoms with E-state index in [4.69, 9.17) is 0 Å². The fourth-order valence-electron chi connectivity index (χ4n) is 2.58. The lowest BCUT2D eigenvalue weighted by atomic mass is 10.1. The Morgan fingerprint density at radius 3 is 2.54 bits per heavy atom. The molecule has 0 saturated carbocycles. The lowest BCUT2D eigenvalue weighted by molar-refractivity contribution is 0.475. The van der Waals surface area contributed by atoms with Crippen LogP contribution in [0.25, 0.3) is 11.3 Å². The van der Waals surface area contributed by atoms with Crippen LogP contribution in [0.15, 0.2) is 54.9 Å². The Labute approximate surface area is 141 Å². The molecule has 0 aliphatic rings. The average molecular weight is 320 g/mol. The fraction of sp³-hybridized carbons (Fsp3) is 0.158. The molecule has 0 aliphatic heterocycles. The second kappa shape index (κ2) is 6.58. The predicted molar refractivity (Wildman–Crippen MR) is 97.9 cm³/mol. The molecule has 0 aliphatic carbocycles. The predicted octanol–water partition coefficient (Wildman–Crippen LogP) is 3.97. The summed E-state index contributed by atoms with van der Waals surface area (Å²) in [5.41, 5.74) is 4.86. The van der Waals surface area contributed by atoms with Gasteiger partial charge in [-0.3, -0.25) is 0 Å². The zero-order chi connectivity index (χ0) is 17.1. The molecule has 5 heteroatoms. The van der Waals surface area contributed by atoms with Crippen LogP contribution in [0.2, 0.25) is 0 Å². The molecule has 0 saturated heterocycles. The van der Waals surface area contributed by atoms with Gasteiger partial charge in [0, 0.05) is 37.1 Å². The molecule has 0 fully saturated rings. The highest BCUT2D eigenvalue weighted by Gasteiger charge is 2.09. The van der Waals surface area contributed by atoms with Crippen molar-refractivity contribution in [3.63, 3.8) is 0 Å². The molecule has 0 amide bonds. The first kappa shape index (κ1) is 15.8. The number of rotatable bonds is 4. The normalized spacial score (nSPS) is 10.5. The molecule has 5 nitrogen and oxygen atoms in total. The first-order valence-electron chi connectivity index (χ1n) is 7.70. The fourth-order valence-corrected chi connectivity index (χ4v) is 2.58. The Morgan fingerprint density at radius 1 is 1.00 bits per heavy atom. The topological polar surface area (TPSA) is 61.3 Å². The van der Waals surface area contributed by atoms with Crippen molar-refractivity contribution in [2.75, 3.05) is 24.3 Å². The Hall–Kier alpha value is -3.08. The summed E-state index contributed by atoms with van der Waals surface area (Å²) < 4.78 is 0. The van der Waals surface area contributed by atoms with Crippen molar-refractivity contribution < 1.29 is 5.11 Å². The molecule has 1 heterocycles. The molecule has 0 radical (unpaired) electrons. The summed E-state index contributed by atoms with van der Waals surface area (Å²) in [6.07, 6.45) is 1.56. The van der Waals surface area contributed by atoms with Crippen molar-refractivity contribution in [2.24, 2.45) is 0 Å². The van der Waals surface area contributed by atoms with E-state index in [2.05, 4.69) is 26.3 Å².